The van der Waals surface area contributed by atoms with E-state index in [0.29, 0.717) is 12.0 Å². The molecule has 0 aromatic heterocycles. The second kappa shape index (κ2) is 2.73. The molecular weight excluding hydrogens is 154 g/mol. The molecule has 1 unspecified atom stereocenters. The van der Waals surface area contributed by atoms with Gasteiger partial charge in [0.2, 0.25) is 0 Å². The number of hydrogen-bond acceptors (Lipinski definition) is 3. The van der Waals surface area contributed by atoms with Crippen LogP contribution in [-0.4, -0.2) is 25.2 Å². The van der Waals surface area contributed by atoms with Crippen molar-refractivity contribution in [1.82, 2.24) is 5.32 Å². The van der Waals surface area contributed by atoms with E-state index in [1.807, 2.05) is 0 Å². The first kappa shape index (κ1) is 8.05. The molecule has 0 amide bonds. The molecule has 1 heterocycles. The molecule has 0 aromatic rings. The number of fused-ring (bicyclic) bond motifs is 2. The Morgan fingerprint density at radius 1 is 1.50 bits per heavy atom. The molecule has 1 N–H and O–H groups in total. The van der Waals surface area contributed by atoms with Gasteiger partial charge in [0.25, 0.3) is 0 Å². The molecule has 0 radical (unpaired) electrons. The summed E-state index contributed by atoms with van der Waals surface area (Å²) in [5.41, 5.74) is 0. The molecular formula is C9H15NO2. The smallest absolute Gasteiger partial charge is 0.323 e. The van der Waals surface area contributed by atoms with E-state index in [2.05, 4.69) is 12.2 Å². The van der Waals surface area contributed by atoms with E-state index in [1.54, 1.807) is 0 Å². The SMILES string of the molecule is COC(=O)[C@H]1N[C@H]2C[C@@H]1CC2C. The molecule has 1 saturated heterocycles. The highest BCUT2D eigenvalue weighted by molar-refractivity contribution is 5.76. The van der Waals surface area contributed by atoms with Crippen molar-refractivity contribution in [3.8, 4) is 0 Å². The van der Waals surface area contributed by atoms with Gasteiger partial charge in [0, 0.05) is 6.04 Å². The van der Waals surface area contributed by atoms with E-state index in [0.717, 1.165) is 12.3 Å². The van der Waals surface area contributed by atoms with Crippen molar-refractivity contribution in [2.45, 2.75) is 31.8 Å². The highest BCUT2D eigenvalue weighted by Gasteiger charge is 2.46. The highest BCUT2D eigenvalue weighted by atomic mass is 16.5. The molecule has 2 aliphatic rings. The summed E-state index contributed by atoms with van der Waals surface area (Å²) in [6.07, 6.45) is 2.33. The maximum absolute atomic E-state index is 11.2. The first-order valence-electron chi connectivity index (χ1n) is 4.56. The van der Waals surface area contributed by atoms with Crippen LogP contribution >= 0.6 is 0 Å². The summed E-state index contributed by atoms with van der Waals surface area (Å²) in [5, 5.41) is 3.32. The number of esters is 1. The molecule has 12 heavy (non-hydrogen) atoms. The lowest BCUT2D eigenvalue weighted by molar-refractivity contribution is -0.144. The Labute approximate surface area is 72.5 Å². The van der Waals surface area contributed by atoms with Crippen molar-refractivity contribution >= 4 is 5.97 Å². The van der Waals surface area contributed by atoms with Gasteiger partial charge in [-0.3, -0.25) is 4.79 Å². The van der Waals surface area contributed by atoms with Gasteiger partial charge in [0.1, 0.15) is 6.04 Å². The van der Waals surface area contributed by atoms with Crippen molar-refractivity contribution in [3.63, 3.8) is 0 Å². The zero-order valence-electron chi connectivity index (χ0n) is 7.54. The van der Waals surface area contributed by atoms with Crippen molar-refractivity contribution in [2.75, 3.05) is 7.11 Å². The summed E-state index contributed by atoms with van der Waals surface area (Å²) in [6.45, 7) is 2.24. The number of nitrogens with one attached hydrogen (secondary N) is 1. The Hall–Kier alpha value is -0.570. The summed E-state index contributed by atoms with van der Waals surface area (Å²) < 4.78 is 4.72. The largest absolute Gasteiger partial charge is 0.468 e. The third-order valence-corrected chi connectivity index (χ3v) is 3.24. The van der Waals surface area contributed by atoms with Gasteiger partial charge >= 0.3 is 5.97 Å². The van der Waals surface area contributed by atoms with Gasteiger partial charge in [-0.15, -0.1) is 0 Å². The van der Waals surface area contributed by atoms with E-state index in [4.69, 9.17) is 4.74 Å². The Morgan fingerprint density at radius 3 is 2.67 bits per heavy atom. The van der Waals surface area contributed by atoms with Gasteiger partial charge in [-0.25, -0.2) is 0 Å². The van der Waals surface area contributed by atoms with Crippen LogP contribution < -0.4 is 5.32 Å². The second-order valence-corrected chi connectivity index (χ2v) is 3.98. The van der Waals surface area contributed by atoms with Gasteiger partial charge in [-0.1, -0.05) is 6.92 Å². The molecule has 2 rings (SSSR count). The van der Waals surface area contributed by atoms with Gasteiger partial charge < -0.3 is 10.1 Å². The maximum Gasteiger partial charge on any atom is 0.323 e. The molecule has 0 spiro atoms. The summed E-state index contributed by atoms with van der Waals surface area (Å²) in [4.78, 5) is 11.2. The number of hydrogen-bond donors (Lipinski definition) is 1. The number of rotatable bonds is 1. The van der Waals surface area contributed by atoms with Crippen LogP contribution in [0, 0.1) is 11.8 Å². The zero-order chi connectivity index (χ0) is 8.72. The Morgan fingerprint density at radius 2 is 2.25 bits per heavy atom. The number of methoxy groups -OCH3 is 1. The van der Waals surface area contributed by atoms with Crippen molar-refractivity contribution < 1.29 is 9.53 Å². The Balaban J connectivity index is 2.02. The highest BCUT2D eigenvalue weighted by Crippen LogP contribution is 2.39. The fourth-order valence-electron chi connectivity index (χ4n) is 2.56. The van der Waals surface area contributed by atoms with Crippen LogP contribution in [0.5, 0.6) is 0 Å². The Kier molecular flexibility index (Phi) is 1.83. The topological polar surface area (TPSA) is 38.3 Å². The molecule has 68 valence electrons. The molecule has 2 fully saturated rings. The maximum atomic E-state index is 11.2. The van der Waals surface area contributed by atoms with Crippen molar-refractivity contribution in [3.05, 3.63) is 0 Å². The first-order chi connectivity index (χ1) is 5.72. The molecule has 1 aliphatic carbocycles. The third-order valence-electron chi connectivity index (χ3n) is 3.24. The average Bonchev–Trinajstić information content (AvgIpc) is 2.60. The number of ether oxygens (including phenoxy) is 1. The summed E-state index contributed by atoms with van der Waals surface area (Å²) in [5.74, 6) is 1.17. The molecule has 1 saturated carbocycles. The monoisotopic (exact) mass is 169 g/mol. The average molecular weight is 169 g/mol. The van der Waals surface area contributed by atoms with Crippen molar-refractivity contribution in [2.24, 2.45) is 11.8 Å². The van der Waals surface area contributed by atoms with Gasteiger partial charge in [-0.05, 0) is 24.7 Å². The Bertz CT molecular complexity index is 203. The lowest BCUT2D eigenvalue weighted by Crippen LogP contribution is -2.45. The zero-order valence-corrected chi connectivity index (χ0v) is 7.54. The first-order valence-corrected chi connectivity index (χ1v) is 4.56. The summed E-state index contributed by atoms with van der Waals surface area (Å²) >= 11 is 0. The molecule has 3 heteroatoms. The summed E-state index contributed by atoms with van der Waals surface area (Å²) in [7, 11) is 1.46. The molecule has 2 bridgehead atoms. The van der Waals surface area contributed by atoms with Gasteiger partial charge in [-0.2, -0.15) is 0 Å². The third kappa shape index (κ3) is 1.04. The normalized spacial score (nSPS) is 44.8. The van der Waals surface area contributed by atoms with Crippen LogP contribution in [0.4, 0.5) is 0 Å². The van der Waals surface area contributed by atoms with Crippen LogP contribution in [0.2, 0.25) is 0 Å². The van der Waals surface area contributed by atoms with Crippen LogP contribution in [-0.2, 0) is 9.53 Å². The predicted octanol–water partition coefficient (Wildman–Crippen LogP) is 0.546. The van der Waals surface area contributed by atoms with E-state index in [1.165, 1.54) is 13.5 Å². The fraction of sp³-hybridized carbons (Fsp3) is 0.889. The molecule has 0 aromatic carbocycles. The van der Waals surface area contributed by atoms with Crippen LogP contribution in [0.25, 0.3) is 0 Å². The summed E-state index contributed by atoms with van der Waals surface area (Å²) in [6, 6.07) is 0.537. The van der Waals surface area contributed by atoms with E-state index in [9.17, 15) is 4.79 Å². The van der Waals surface area contributed by atoms with Gasteiger partial charge in [0.15, 0.2) is 0 Å². The minimum absolute atomic E-state index is 0.0174. The minimum atomic E-state index is -0.0885. The van der Waals surface area contributed by atoms with Gasteiger partial charge in [0.05, 0.1) is 7.11 Å². The standard InChI is InChI=1S/C9H15NO2/c1-5-3-6-4-7(5)10-8(6)9(11)12-2/h5-8,10H,3-4H2,1-2H3/t5?,6-,7-,8-/m0/s1. The lowest BCUT2D eigenvalue weighted by Gasteiger charge is -2.24. The molecule has 4 atom stereocenters. The second-order valence-electron chi connectivity index (χ2n) is 3.98. The van der Waals surface area contributed by atoms with Crippen LogP contribution in [0.1, 0.15) is 19.8 Å². The van der Waals surface area contributed by atoms with E-state index < -0.39 is 0 Å². The fourth-order valence-corrected chi connectivity index (χ4v) is 2.56. The number of piperidine rings is 1. The predicted molar refractivity (Wildman–Crippen MR) is 44.6 cm³/mol. The minimum Gasteiger partial charge on any atom is -0.468 e. The van der Waals surface area contributed by atoms with Crippen LogP contribution in [0.15, 0.2) is 0 Å². The van der Waals surface area contributed by atoms with Crippen molar-refractivity contribution in [1.29, 1.82) is 0 Å². The van der Waals surface area contributed by atoms with E-state index in [-0.39, 0.29) is 12.0 Å². The quantitative estimate of drug-likeness (QED) is 0.582. The molecule has 1 aliphatic heterocycles. The lowest BCUT2D eigenvalue weighted by atomic mass is 9.95. The van der Waals surface area contributed by atoms with Crippen LogP contribution in [0.3, 0.4) is 0 Å². The number of carbonyl (C=O) groups is 1. The van der Waals surface area contributed by atoms with E-state index >= 15 is 0 Å². The number of carbonyl (C=O) groups excluding carboxylic acids is 1. The molecule has 3 nitrogen and oxygen atoms in total.